The minimum absolute atomic E-state index is 0.189. The van der Waals surface area contributed by atoms with Gasteiger partial charge in [0.2, 0.25) is 0 Å². The van der Waals surface area contributed by atoms with Gasteiger partial charge in [0.05, 0.1) is 6.54 Å². The topological polar surface area (TPSA) is 58.5 Å². The molecule has 1 amide bonds. The van der Waals surface area contributed by atoms with Crippen LogP contribution in [0.3, 0.4) is 0 Å². The van der Waals surface area contributed by atoms with Gasteiger partial charge in [0.25, 0.3) is 5.91 Å². The monoisotopic (exact) mass is 234 g/mol. The van der Waals surface area contributed by atoms with Crippen LogP contribution < -0.4 is 5.32 Å². The summed E-state index contributed by atoms with van der Waals surface area (Å²) in [6.45, 7) is 0.754. The second-order valence-electron chi connectivity index (χ2n) is 3.23. The summed E-state index contributed by atoms with van der Waals surface area (Å²) >= 11 is 1.53. The van der Waals surface area contributed by atoms with Gasteiger partial charge in [-0.25, -0.2) is 0 Å². The fourth-order valence-corrected chi connectivity index (χ4v) is 2.02. The number of amidine groups is 1. The van der Waals surface area contributed by atoms with Crippen LogP contribution in [0.1, 0.15) is 20.7 Å². The van der Waals surface area contributed by atoms with Crippen molar-refractivity contribution < 1.29 is 9.59 Å². The molecule has 0 atom stereocenters. The molecule has 1 aliphatic heterocycles. The molecule has 0 aliphatic carbocycles. The zero-order chi connectivity index (χ0) is 11.4. The second-order valence-corrected chi connectivity index (χ2v) is 4.31. The molecule has 0 saturated carbocycles. The number of hydrogen-bond acceptors (Lipinski definition) is 4. The van der Waals surface area contributed by atoms with E-state index in [0.717, 1.165) is 18.6 Å². The van der Waals surface area contributed by atoms with Crippen molar-refractivity contribution in [2.24, 2.45) is 4.99 Å². The first-order chi connectivity index (χ1) is 7.79. The van der Waals surface area contributed by atoms with Crippen LogP contribution in [0.4, 0.5) is 0 Å². The molecule has 1 aliphatic rings. The van der Waals surface area contributed by atoms with Crippen LogP contribution >= 0.6 is 11.8 Å². The Morgan fingerprint density at radius 2 is 2.12 bits per heavy atom. The van der Waals surface area contributed by atoms with E-state index in [2.05, 4.69) is 10.3 Å². The van der Waals surface area contributed by atoms with Crippen molar-refractivity contribution in [3.8, 4) is 0 Å². The molecule has 0 fully saturated rings. The molecule has 1 aromatic rings. The van der Waals surface area contributed by atoms with Crippen LogP contribution in [0.25, 0.3) is 0 Å². The van der Waals surface area contributed by atoms with E-state index < -0.39 is 0 Å². The number of nitrogens with one attached hydrogen (secondary N) is 1. The van der Waals surface area contributed by atoms with E-state index in [4.69, 9.17) is 0 Å². The summed E-state index contributed by atoms with van der Waals surface area (Å²) in [6, 6.07) is 6.48. The highest BCUT2D eigenvalue weighted by atomic mass is 32.2. The smallest absolute Gasteiger partial charge is 0.257 e. The number of carbonyl (C=O) groups is 2. The number of thioether (sulfide) groups is 1. The number of benzene rings is 1. The Hall–Kier alpha value is -1.62. The van der Waals surface area contributed by atoms with E-state index in [0.29, 0.717) is 16.3 Å². The lowest BCUT2D eigenvalue weighted by molar-refractivity contribution is 0.0977. The Morgan fingerprint density at radius 3 is 2.69 bits per heavy atom. The first-order valence-corrected chi connectivity index (χ1v) is 5.82. The molecular weight excluding hydrogens is 224 g/mol. The van der Waals surface area contributed by atoms with Gasteiger partial charge in [-0.2, -0.15) is 0 Å². The van der Waals surface area contributed by atoms with Gasteiger partial charge < -0.3 is 5.32 Å². The van der Waals surface area contributed by atoms with E-state index in [1.807, 2.05) is 0 Å². The largest absolute Gasteiger partial charge is 0.301 e. The van der Waals surface area contributed by atoms with E-state index in [1.54, 1.807) is 24.3 Å². The highest BCUT2D eigenvalue weighted by molar-refractivity contribution is 8.14. The molecule has 0 unspecified atom stereocenters. The maximum atomic E-state index is 11.7. The summed E-state index contributed by atoms with van der Waals surface area (Å²) in [7, 11) is 0. The molecule has 0 radical (unpaired) electrons. The molecule has 1 aromatic carbocycles. The quantitative estimate of drug-likeness (QED) is 0.785. The predicted molar refractivity (Wildman–Crippen MR) is 64.1 cm³/mol. The molecular formula is C11H10N2O2S. The fraction of sp³-hybridized carbons (Fsp3) is 0.182. The van der Waals surface area contributed by atoms with E-state index in [1.165, 1.54) is 11.8 Å². The minimum atomic E-state index is -0.189. The Kier molecular flexibility index (Phi) is 3.36. The zero-order valence-electron chi connectivity index (χ0n) is 8.47. The summed E-state index contributed by atoms with van der Waals surface area (Å²) < 4.78 is 0. The maximum absolute atomic E-state index is 11.7. The number of nitrogens with zero attached hydrogens (tertiary/aromatic N) is 1. The molecule has 82 valence electrons. The van der Waals surface area contributed by atoms with Crippen LogP contribution in [0.15, 0.2) is 29.3 Å². The van der Waals surface area contributed by atoms with Crippen molar-refractivity contribution >= 4 is 29.1 Å². The van der Waals surface area contributed by atoms with Gasteiger partial charge in [-0.05, 0) is 12.1 Å². The second kappa shape index (κ2) is 4.94. The maximum Gasteiger partial charge on any atom is 0.257 e. The van der Waals surface area contributed by atoms with Crippen LogP contribution in [0.5, 0.6) is 0 Å². The Morgan fingerprint density at radius 1 is 1.38 bits per heavy atom. The van der Waals surface area contributed by atoms with Gasteiger partial charge in [-0.15, -0.1) is 0 Å². The van der Waals surface area contributed by atoms with Gasteiger partial charge in [-0.3, -0.25) is 14.6 Å². The Bertz CT molecular complexity index is 440. The molecule has 1 N–H and O–H groups in total. The molecule has 4 nitrogen and oxygen atoms in total. The third-order valence-corrected chi connectivity index (χ3v) is 3.01. The summed E-state index contributed by atoms with van der Waals surface area (Å²) in [5.41, 5.74) is 1.09. The molecule has 16 heavy (non-hydrogen) atoms. The van der Waals surface area contributed by atoms with Gasteiger partial charge >= 0.3 is 0 Å². The van der Waals surface area contributed by atoms with Gasteiger partial charge in [-0.1, -0.05) is 23.9 Å². The van der Waals surface area contributed by atoms with Crippen molar-refractivity contribution in [1.29, 1.82) is 0 Å². The van der Waals surface area contributed by atoms with Gasteiger partial charge in [0.15, 0.2) is 5.17 Å². The number of amides is 1. The molecule has 0 aromatic heterocycles. The minimum Gasteiger partial charge on any atom is -0.301 e. The van der Waals surface area contributed by atoms with Crippen molar-refractivity contribution in [2.45, 2.75) is 0 Å². The SMILES string of the molecule is O=Cc1ccc(C(=O)NC2=NCCS2)cc1. The highest BCUT2D eigenvalue weighted by Crippen LogP contribution is 2.10. The summed E-state index contributed by atoms with van der Waals surface area (Å²) in [6.07, 6.45) is 0.749. The van der Waals surface area contributed by atoms with Gasteiger partial charge in [0.1, 0.15) is 6.29 Å². The van der Waals surface area contributed by atoms with E-state index >= 15 is 0 Å². The Balaban J connectivity index is 2.05. The molecule has 0 spiro atoms. The summed E-state index contributed by atoms with van der Waals surface area (Å²) in [5.74, 6) is 0.727. The molecule has 0 saturated heterocycles. The lowest BCUT2D eigenvalue weighted by Crippen LogP contribution is -2.27. The first kappa shape index (κ1) is 10.9. The van der Waals surface area contributed by atoms with E-state index in [9.17, 15) is 9.59 Å². The predicted octanol–water partition coefficient (Wildman–Crippen LogP) is 1.33. The van der Waals surface area contributed by atoms with Crippen molar-refractivity contribution in [3.63, 3.8) is 0 Å². The van der Waals surface area contributed by atoms with Crippen LogP contribution in [-0.2, 0) is 0 Å². The highest BCUT2D eigenvalue weighted by Gasteiger charge is 2.12. The third kappa shape index (κ3) is 2.49. The first-order valence-electron chi connectivity index (χ1n) is 4.83. The zero-order valence-corrected chi connectivity index (χ0v) is 9.29. The van der Waals surface area contributed by atoms with Gasteiger partial charge in [0, 0.05) is 16.9 Å². The molecule has 2 rings (SSSR count). The molecule has 0 bridgehead atoms. The van der Waals surface area contributed by atoms with Crippen LogP contribution in [0, 0.1) is 0 Å². The number of hydrogen-bond donors (Lipinski definition) is 1. The van der Waals surface area contributed by atoms with Crippen LogP contribution in [-0.4, -0.2) is 29.7 Å². The molecule has 5 heteroatoms. The summed E-state index contributed by atoms with van der Waals surface area (Å²) in [4.78, 5) is 26.3. The van der Waals surface area contributed by atoms with E-state index in [-0.39, 0.29) is 5.91 Å². The van der Waals surface area contributed by atoms with Crippen LogP contribution in [0.2, 0.25) is 0 Å². The lowest BCUT2D eigenvalue weighted by Gasteiger charge is -2.03. The fourth-order valence-electron chi connectivity index (χ4n) is 1.29. The van der Waals surface area contributed by atoms with Crippen molar-refractivity contribution in [3.05, 3.63) is 35.4 Å². The lowest BCUT2D eigenvalue weighted by atomic mass is 10.1. The third-order valence-electron chi connectivity index (χ3n) is 2.11. The standard InChI is InChI=1S/C11H10N2O2S/c14-7-8-1-3-9(4-2-8)10(15)13-11-12-5-6-16-11/h1-4,7H,5-6H2,(H,12,13,15). The normalized spacial score (nSPS) is 14.4. The average Bonchev–Trinajstić information content (AvgIpc) is 2.82. The number of aldehydes is 1. The Labute approximate surface area is 97.1 Å². The summed E-state index contributed by atoms with van der Waals surface area (Å²) in [5, 5.41) is 3.39. The average molecular weight is 234 g/mol. The van der Waals surface area contributed by atoms with Crippen molar-refractivity contribution in [1.82, 2.24) is 5.32 Å². The number of carbonyl (C=O) groups excluding carboxylic acids is 2. The molecule has 1 heterocycles. The number of rotatable bonds is 2. The van der Waals surface area contributed by atoms with Crippen molar-refractivity contribution in [2.75, 3.05) is 12.3 Å². The number of aliphatic imine (C=N–C) groups is 1.